The van der Waals surface area contributed by atoms with Gasteiger partial charge in [0.05, 0.1) is 0 Å². The van der Waals surface area contributed by atoms with Crippen LogP contribution in [0.5, 0.6) is 5.75 Å². The predicted octanol–water partition coefficient (Wildman–Crippen LogP) is 3.88. The summed E-state index contributed by atoms with van der Waals surface area (Å²) in [6, 6.07) is 7.22. The molecule has 1 aliphatic carbocycles. The van der Waals surface area contributed by atoms with E-state index in [0.29, 0.717) is 14.7 Å². The van der Waals surface area contributed by atoms with E-state index in [1.807, 2.05) is 0 Å². The van der Waals surface area contributed by atoms with Crippen LogP contribution in [-0.2, 0) is 4.79 Å². The minimum absolute atomic E-state index is 0.0347. The first-order valence-electron chi connectivity index (χ1n) is 6.64. The largest absolute Gasteiger partial charge is 0.484 e. The fraction of sp³-hybridized carbons (Fsp3) is 0.500. The molecule has 1 saturated carbocycles. The molecule has 0 atom stereocenters. The third-order valence-corrected chi connectivity index (χ3v) is 5.74. The van der Waals surface area contributed by atoms with Crippen LogP contribution in [0.2, 0.25) is 5.02 Å². The van der Waals surface area contributed by atoms with Crippen LogP contribution in [0.25, 0.3) is 0 Å². The van der Waals surface area contributed by atoms with E-state index in [0.717, 1.165) is 25.7 Å². The first kappa shape index (κ1) is 15.7. The van der Waals surface area contributed by atoms with Gasteiger partial charge in [0.25, 0.3) is 5.91 Å². The zero-order chi connectivity index (χ0) is 14.4. The van der Waals surface area contributed by atoms with Crippen LogP contribution in [0.4, 0.5) is 0 Å². The highest BCUT2D eigenvalue weighted by molar-refractivity contribution is 14.1. The van der Waals surface area contributed by atoms with Crippen molar-refractivity contribution < 1.29 is 9.53 Å². The predicted molar refractivity (Wildman–Crippen MR) is 87.9 cm³/mol. The molecule has 1 aromatic rings. The second kappa shape index (κ2) is 7.93. The van der Waals surface area contributed by atoms with Gasteiger partial charge in [-0.2, -0.15) is 0 Å². The molecule has 1 aliphatic rings. The molecule has 0 radical (unpaired) electrons. The Hall–Kier alpha value is -0.690. The normalized spacial score (nSPS) is 22.2. The van der Waals surface area contributed by atoms with Crippen molar-refractivity contribution in [2.45, 2.75) is 35.6 Å². The van der Waals surface area contributed by atoms with E-state index < -0.39 is 21.0 Å². The Morgan fingerprint density at radius 2 is 1.95 bits per heavy atom. The average molecular weight is 409 g/mol. The first-order valence-corrected chi connectivity index (χ1v) is 9.34. The Labute approximate surface area is 134 Å². The fourth-order valence-electron chi connectivity index (χ4n) is 2.26. The average Bonchev–Trinajstić information content (AvgIpc) is 2.47. The number of nitrogens with one attached hydrogen (secondary N) is 2. The highest BCUT2D eigenvalue weighted by Crippen LogP contribution is 2.27. The molecule has 4 nitrogen and oxygen atoms in total. The second-order valence-electron chi connectivity index (χ2n) is 4.87. The van der Waals surface area contributed by atoms with Crippen LogP contribution in [-0.4, -0.2) is 22.5 Å². The van der Waals surface area contributed by atoms with Crippen molar-refractivity contribution >= 4 is 38.5 Å². The van der Waals surface area contributed by atoms with E-state index in [4.69, 9.17) is 19.9 Å². The lowest BCUT2D eigenvalue weighted by Gasteiger charge is -2.26. The summed E-state index contributed by atoms with van der Waals surface area (Å²) in [5, 5.41) is 3.65. The van der Waals surface area contributed by atoms with Gasteiger partial charge in [-0.1, -0.05) is 11.6 Å². The molecule has 20 heavy (non-hydrogen) atoms. The number of amides is 1. The number of ether oxygens (including phenoxy) is 1. The van der Waals surface area contributed by atoms with Gasteiger partial charge in [0, 0.05) is 15.0 Å². The SMILES string of the molecule is N=IC1CCC(NC(=O)COc2ccc(Cl)cc2)CC1. The first-order chi connectivity index (χ1) is 9.67. The minimum atomic E-state index is -0.393. The van der Waals surface area contributed by atoms with Crippen molar-refractivity contribution in [3.05, 3.63) is 29.3 Å². The Balaban J connectivity index is 1.70. The lowest BCUT2D eigenvalue weighted by Crippen LogP contribution is -2.40. The van der Waals surface area contributed by atoms with Gasteiger partial charge in [-0.25, -0.2) is 0 Å². The fourth-order valence-corrected chi connectivity index (χ4v) is 3.72. The third kappa shape index (κ3) is 5.01. The summed E-state index contributed by atoms with van der Waals surface area (Å²) in [5.74, 6) is 0.566. The highest BCUT2D eigenvalue weighted by Gasteiger charge is 2.21. The molecule has 0 spiro atoms. The number of halogens is 2. The van der Waals surface area contributed by atoms with E-state index in [9.17, 15) is 4.79 Å². The monoisotopic (exact) mass is 408 g/mol. The number of carbonyl (C=O) groups is 1. The molecule has 0 aliphatic heterocycles. The van der Waals surface area contributed by atoms with Crippen molar-refractivity contribution in [1.29, 1.82) is 3.56 Å². The summed E-state index contributed by atoms with van der Waals surface area (Å²) in [7, 11) is 0. The van der Waals surface area contributed by atoms with Gasteiger partial charge < -0.3 is 10.1 Å². The zero-order valence-electron chi connectivity index (χ0n) is 11.1. The summed E-state index contributed by atoms with van der Waals surface area (Å²) in [5.41, 5.74) is 0. The summed E-state index contributed by atoms with van der Waals surface area (Å²) in [6.45, 7) is 0.0347. The van der Waals surface area contributed by atoms with E-state index >= 15 is 0 Å². The molecule has 0 heterocycles. The summed E-state index contributed by atoms with van der Waals surface area (Å²) >= 11 is 5.39. The number of alkyl halides is 1. The van der Waals surface area contributed by atoms with E-state index in [2.05, 4.69) is 5.32 Å². The van der Waals surface area contributed by atoms with Gasteiger partial charge in [-0.05, 0) is 71.0 Å². The topological polar surface area (TPSA) is 62.2 Å². The summed E-state index contributed by atoms with van der Waals surface area (Å²) < 4.78 is 13.5. The molecule has 1 fully saturated rings. The Morgan fingerprint density at radius 1 is 1.30 bits per heavy atom. The Bertz CT molecular complexity index is 459. The van der Waals surface area contributed by atoms with Gasteiger partial charge in [-0.3, -0.25) is 8.36 Å². The molecule has 110 valence electrons. The molecular formula is C14H18ClIN2O2. The van der Waals surface area contributed by atoms with E-state index in [-0.39, 0.29) is 18.6 Å². The maximum Gasteiger partial charge on any atom is 0.258 e. The number of hydrogen-bond donors (Lipinski definition) is 2. The summed E-state index contributed by atoms with van der Waals surface area (Å²) in [4.78, 5) is 11.8. The van der Waals surface area contributed by atoms with Crippen LogP contribution in [0.15, 0.2) is 24.3 Å². The van der Waals surface area contributed by atoms with Crippen molar-refractivity contribution in [3.63, 3.8) is 0 Å². The Kier molecular flexibility index (Phi) is 6.22. The molecule has 0 aromatic heterocycles. The maximum absolute atomic E-state index is 11.8. The van der Waals surface area contributed by atoms with Gasteiger partial charge in [0.1, 0.15) is 5.75 Å². The quantitative estimate of drug-likeness (QED) is 0.574. The van der Waals surface area contributed by atoms with Crippen LogP contribution < -0.4 is 10.1 Å². The van der Waals surface area contributed by atoms with Crippen LogP contribution in [0.1, 0.15) is 25.7 Å². The molecule has 0 saturated heterocycles. The Morgan fingerprint density at radius 3 is 2.55 bits per heavy atom. The zero-order valence-corrected chi connectivity index (χ0v) is 14.0. The standard InChI is InChI=1S/C14H18ClIN2O2/c15-10-1-7-13(8-2-10)20-9-14(19)18-12-5-3-11(16-17)4-6-12/h1-2,7-8,11-12,17H,3-6,9H2,(H,18,19). The molecule has 2 N–H and O–H groups in total. The molecule has 1 amide bonds. The molecule has 0 unspecified atom stereocenters. The lowest BCUT2D eigenvalue weighted by molar-refractivity contribution is -0.124. The number of carbonyl (C=O) groups excluding carboxylic acids is 1. The molecule has 2 rings (SSSR count). The van der Waals surface area contributed by atoms with Crippen LogP contribution >= 0.6 is 32.6 Å². The maximum atomic E-state index is 11.8. The number of hydrogen-bond acceptors (Lipinski definition) is 3. The highest BCUT2D eigenvalue weighted by atomic mass is 127. The molecular weight excluding hydrogens is 391 g/mol. The molecule has 0 bridgehead atoms. The van der Waals surface area contributed by atoms with Gasteiger partial charge in [0.2, 0.25) is 0 Å². The van der Waals surface area contributed by atoms with Crippen molar-refractivity contribution in [1.82, 2.24) is 5.32 Å². The lowest BCUT2D eigenvalue weighted by atomic mass is 9.95. The third-order valence-electron chi connectivity index (χ3n) is 3.36. The smallest absolute Gasteiger partial charge is 0.258 e. The van der Waals surface area contributed by atoms with Crippen LogP contribution in [0, 0.1) is 3.56 Å². The van der Waals surface area contributed by atoms with Crippen molar-refractivity contribution in [3.8, 4) is 5.75 Å². The molecule has 1 aromatic carbocycles. The molecule has 6 heteroatoms. The van der Waals surface area contributed by atoms with Gasteiger partial charge in [-0.15, -0.1) is 0 Å². The van der Waals surface area contributed by atoms with E-state index in [1.165, 1.54) is 0 Å². The number of benzene rings is 1. The van der Waals surface area contributed by atoms with Crippen LogP contribution in [0.3, 0.4) is 0 Å². The van der Waals surface area contributed by atoms with Crippen molar-refractivity contribution in [2.75, 3.05) is 6.61 Å². The van der Waals surface area contributed by atoms with Crippen molar-refractivity contribution in [2.24, 2.45) is 0 Å². The van der Waals surface area contributed by atoms with Gasteiger partial charge >= 0.3 is 0 Å². The minimum Gasteiger partial charge on any atom is -0.484 e. The summed E-state index contributed by atoms with van der Waals surface area (Å²) in [6.07, 6.45) is 4.16. The van der Waals surface area contributed by atoms with E-state index in [1.54, 1.807) is 24.3 Å². The second-order valence-corrected chi connectivity index (χ2v) is 7.69. The van der Waals surface area contributed by atoms with Gasteiger partial charge in [0.15, 0.2) is 6.61 Å². The number of rotatable bonds is 5.